The van der Waals surface area contributed by atoms with E-state index in [0.29, 0.717) is 12.4 Å². The van der Waals surface area contributed by atoms with Gasteiger partial charge in [0.25, 0.3) is 5.89 Å². The summed E-state index contributed by atoms with van der Waals surface area (Å²) >= 11 is 0. The maximum atomic E-state index is 13.8. The molecule has 0 aliphatic heterocycles. The molecule has 0 fully saturated rings. The van der Waals surface area contributed by atoms with E-state index in [4.69, 9.17) is 15.0 Å². The predicted octanol–water partition coefficient (Wildman–Crippen LogP) is 2.78. The van der Waals surface area contributed by atoms with Gasteiger partial charge < -0.3 is 15.0 Å². The maximum Gasteiger partial charge on any atom is 0.260 e. The minimum atomic E-state index is -0.878. The SMILES string of the molecule is CCCOCC(C)(N)c1noc(-c2cc(C)ccc2F)n1. The van der Waals surface area contributed by atoms with Gasteiger partial charge in [-0.2, -0.15) is 4.98 Å². The summed E-state index contributed by atoms with van der Waals surface area (Å²) in [6.07, 6.45) is 0.905. The summed E-state index contributed by atoms with van der Waals surface area (Å²) in [5.41, 5.74) is 6.44. The molecule has 0 saturated heterocycles. The molecular formula is C15H20FN3O2. The van der Waals surface area contributed by atoms with Crippen molar-refractivity contribution in [3.63, 3.8) is 0 Å². The summed E-state index contributed by atoms with van der Waals surface area (Å²) < 4.78 is 24.4. The monoisotopic (exact) mass is 293 g/mol. The maximum absolute atomic E-state index is 13.8. The summed E-state index contributed by atoms with van der Waals surface area (Å²) in [5.74, 6) is 0.0182. The number of halogens is 1. The molecule has 0 saturated carbocycles. The van der Waals surface area contributed by atoms with E-state index < -0.39 is 11.4 Å². The van der Waals surface area contributed by atoms with Gasteiger partial charge in [0.1, 0.15) is 11.4 Å². The summed E-state index contributed by atoms with van der Waals surface area (Å²) in [4.78, 5) is 4.21. The van der Waals surface area contributed by atoms with Crippen molar-refractivity contribution in [2.24, 2.45) is 5.73 Å². The number of aromatic nitrogens is 2. The van der Waals surface area contributed by atoms with Crippen molar-refractivity contribution in [1.82, 2.24) is 10.1 Å². The molecule has 1 unspecified atom stereocenters. The lowest BCUT2D eigenvalue weighted by Crippen LogP contribution is -2.39. The first kappa shape index (κ1) is 15.6. The quantitative estimate of drug-likeness (QED) is 0.829. The molecule has 21 heavy (non-hydrogen) atoms. The summed E-state index contributed by atoms with van der Waals surface area (Å²) in [7, 11) is 0. The molecule has 2 aromatic rings. The van der Waals surface area contributed by atoms with Crippen LogP contribution in [0.25, 0.3) is 11.5 Å². The second-order valence-corrected chi connectivity index (χ2v) is 5.38. The van der Waals surface area contributed by atoms with Gasteiger partial charge in [0.15, 0.2) is 5.82 Å². The average Bonchev–Trinajstić information content (AvgIpc) is 2.92. The summed E-state index contributed by atoms with van der Waals surface area (Å²) in [6, 6.07) is 4.72. The van der Waals surface area contributed by atoms with Crippen molar-refractivity contribution in [3.05, 3.63) is 35.4 Å². The van der Waals surface area contributed by atoms with Crippen LogP contribution < -0.4 is 5.73 Å². The Morgan fingerprint density at radius 1 is 1.43 bits per heavy atom. The van der Waals surface area contributed by atoms with Crippen LogP contribution in [0.1, 0.15) is 31.7 Å². The molecule has 6 heteroatoms. The highest BCUT2D eigenvalue weighted by atomic mass is 19.1. The Morgan fingerprint density at radius 2 is 2.19 bits per heavy atom. The van der Waals surface area contributed by atoms with Crippen LogP contribution in [0.3, 0.4) is 0 Å². The molecular weight excluding hydrogens is 273 g/mol. The van der Waals surface area contributed by atoms with Gasteiger partial charge in [0, 0.05) is 6.61 Å². The van der Waals surface area contributed by atoms with E-state index in [-0.39, 0.29) is 18.1 Å². The fourth-order valence-electron chi connectivity index (χ4n) is 1.86. The van der Waals surface area contributed by atoms with E-state index in [1.165, 1.54) is 6.07 Å². The van der Waals surface area contributed by atoms with E-state index in [1.807, 2.05) is 13.8 Å². The van der Waals surface area contributed by atoms with Crippen LogP contribution in [0, 0.1) is 12.7 Å². The topological polar surface area (TPSA) is 74.2 Å². The number of rotatable bonds is 6. The van der Waals surface area contributed by atoms with Crippen molar-refractivity contribution in [2.45, 2.75) is 32.7 Å². The van der Waals surface area contributed by atoms with Gasteiger partial charge in [-0.05, 0) is 32.4 Å². The highest BCUT2D eigenvalue weighted by Crippen LogP contribution is 2.24. The summed E-state index contributed by atoms with van der Waals surface area (Å²) in [5, 5.41) is 3.86. The zero-order valence-corrected chi connectivity index (χ0v) is 12.5. The molecule has 1 aromatic carbocycles. The van der Waals surface area contributed by atoms with Crippen molar-refractivity contribution in [1.29, 1.82) is 0 Å². The molecule has 2 rings (SSSR count). The molecule has 114 valence electrons. The second-order valence-electron chi connectivity index (χ2n) is 5.38. The fraction of sp³-hybridized carbons (Fsp3) is 0.467. The normalized spacial score (nSPS) is 14.1. The third-order valence-corrected chi connectivity index (χ3v) is 3.04. The molecule has 5 nitrogen and oxygen atoms in total. The van der Waals surface area contributed by atoms with Crippen LogP contribution in [0.2, 0.25) is 0 Å². The Kier molecular flexibility index (Phi) is 4.69. The number of benzene rings is 1. The molecule has 1 aromatic heterocycles. The Balaban J connectivity index is 2.23. The van der Waals surface area contributed by atoms with E-state index in [1.54, 1.807) is 19.1 Å². The third kappa shape index (κ3) is 3.65. The van der Waals surface area contributed by atoms with Crippen molar-refractivity contribution < 1.29 is 13.7 Å². The summed E-state index contributed by atoms with van der Waals surface area (Å²) in [6.45, 7) is 6.52. The average molecular weight is 293 g/mol. The zero-order chi connectivity index (χ0) is 15.5. The molecule has 0 bridgehead atoms. The Hall–Kier alpha value is -1.79. The predicted molar refractivity (Wildman–Crippen MR) is 77.1 cm³/mol. The van der Waals surface area contributed by atoms with E-state index in [0.717, 1.165) is 12.0 Å². The van der Waals surface area contributed by atoms with E-state index in [2.05, 4.69) is 10.1 Å². The lowest BCUT2D eigenvalue weighted by molar-refractivity contribution is 0.0867. The Labute approximate surface area is 123 Å². The molecule has 1 heterocycles. The van der Waals surface area contributed by atoms with Crippen LogP contribution in [0.5, 0.6) is 0 Å². The number of nitrogens with two attached hydrogens (primary N) is 1. The van der Waals surface area contributed by atoms with Crippen molar-refractivity contribution in [2.75, 3.05) is 13.2 Å². The number of hydrogen-bond donors (Lipinski definition) is 1. The number of hydrogen-bond acceptors (Lipinski definition) is 5. The van der Waals surface area contributed by atoms with Crippen LogP contribution in [0.15, 0.2) is 22.7 Å². The highest BCUT2D eigenvalue weighted by molar-refractivity contribution is 5.55. The fourth-order valence-corrected chi connectivity index (χ4v) is 1.86. The molecule has 0 aliphatic carbocycles. The first-order chi connectivity index (χ1) is 9.94. The third-order valence-electron chi connectivity index (χ3n) is 3.04. The smallest absolute Gasteiger partial charge is 0.260 e. The Morgan fingerprint density at radius 3 is 2.90 bits per heavy atom. The standard InChI is InChI=1S/C15H20FN3O2/c1-4-7-20-9-15(3,17)14-18-13(21-19-14)11-8-10(2)5-6-12(11)16/h5-6,8H,4,7,9,17H2,1-3H3. The Bertz CT molecular complexity index is 611. The van der Waals surface area contributed by atoms with Gasteiger partial charge in [-0.25, -0.2) is 4.39 Å². The second kappa shape index (κ2) is 6.32. The molecule has 0 spiro atoms. The van der Waals surface area contributed by atoms with E-state index in [9.17, 15) is 4.39 Å². The number of aryl methyl sites for hydroxylation is 1. The van der Waals surface area contributed by atoms with E-state index >= 15 is 0 Å². The first-order valence-electron chi connectivity index (χ1n) is 6.91. The van der Waals surface area contributed by atoms with Crippen molar-refractivity contribution >= 4 is 0 Å². The first-order valence-corrected chi connectivity index (χ1v) is 6.91. The van der Waals surface area contributed by atoms with Gasteiger partial charge in [-0.3, -0.25) is 0 Å². The van der Waals surface area contributed by atoms with Gasteiger partial charge >= 0.3 is 0 Å². The zero-order valence-electron chi connectivity index (χ0n) is 12.5. The van der Waals surface area contributed by atoms with Crippen LogP contribution in [-0.2, 0) is 10.3 Å². The molecule has 1 atom stereocenters. The number of ether oxygens (including phenoxy) is 1. The molecule has 2 N–H and O–H groups in total. The highest BCUT2D eigenvalue weighted by Gasteiger charge is 2.28. The number of nitrogens with zero attached hydrogens (tertiary/aromatic N) is 2. The molecule has 0 radical (unpaired) electrons. The van der Waals surface area contributed by atoms with Crippen LogP contribution >= 0.6 is 0 Å². The van der Waals surface area contributed by atoms with Crippen molar-refractivity contribution in [3.8, 4) is 11.5 Å². The van der Waals surface area contributed by atoms with Crippen LogP contribution in [0.4, 0.5) is 4.39 Å². The van der Waals surface area contributed by atoms with Gasteiger partial charge in [-0.15, -0.1) is 0 Å². The molecule has 0 aliphatic rings. The lowest BCUT2D eigenvalue weighted by Gasteiger charge is -2.19. The van der Waals surface area contributed by atoms with Gasteiger partial charge in [-0.1, -0.05) is 23.7 Å². The minimum absolute atomic E-state index is 0.123. The van der Waals surface area contributed by atoms with Gasteiger partial charge in [0.2, 0.25) is 0 Å². The van der Waals surface area contributed by atoms with Crippen LogP contribution in [-0.4, -0.2) is 23.4 Å². The lowest BCUT2D eigenvalue weighted by atomic mass is 10.1. The molecule has 0 amide bonds. The minimum Gasteiger partial charge on any atom is -0.379 e. The largest absolute Gasteiger partial charge is 0.379 e. The van der Waals surface area contributed by atoms with Gasteiger partial charge in [0.05, 0.1) is 12.2 Å².